The first-order valence-corrected chi connectivity index (χ1v) is 8.67. The maximum atomic E-state index is 4.70. The Balaban J connectivity index is 2.66. The lowest BCUT2D eigenvalue weighted by molar-refractivity contribution is 0.437. The van der Waals surface area contributed by atoms with Gasteiger partial charge in [0.25, 0.3) is 0 Å². The average molecular weight is 291 g/mol. The first-order chi connectivity index (χ1) is 10.3. The normalized spacial score (nSPS) is 12.5. The Bertz CT molecular complexity index is 395. The molecule has 3 heteroatoms. The van der Waals surface area contributed by atoms with Gasteiger partial charge in [-0.25, -0.2) is 0 Å². The first kappa shape index (κ1) is 18.0. The summed E-state index contributed by atoms with van der Waals surface area (Å²) in [5.74, 6) is 0. The number of aryl methyl sites for hydroxylation is 2. The van der Waals surface area contributed by atoms with Gasteiger partial charge in [-0.05, 0) is 51.6 Å². The highest BCUT2D eigenvalue weighted by Gasteiger charge is 2.16. The highest BCUT2D eigenvalue weighted by Crippen LogP contribution is 2.22. The zero-order valence-electron chi connectivity index (χ0n) is 14.2. The van der Waals surface area contributed by atoms with E-state index >= 15 is 0 Å². The smallest absolute Gasteiger partial charge is 0.0625 e. The van der Waals surface area contributed by atoms with Gasteiger partial charge in [-0.1, -0.05) is 32.8 Å². The van der Waals surface area contributed by atoms with Gasteiger partial charge in [0.05, 0.1) is 11.4 Å². The van der Waals surface area contributed by atoms with Crippen molar-refractivity contribution >= 4 is 0 Å². The van der Waals surface area contributed by atoms with Crippen LogP contribution in [0.5, 0.6) is 0 Å². The largest absolute Gasteiger partial charge is 0.309 e. The van der Waals surface area contributed by atoms with Crippen LogP contribution in [0.15, 0.2) is 18.7 Å². The average Bonchev–Trinajstić information content (AvgIpc) is 2.93. The summed E-state index contributed by atoms with van der Waals surface area (Å²) in [6.45, 7) is 12.4. The minimum atomic E-state index is 0.446. The molecule has 0 amide bonds. The molecular weight excluding hydrogens is 258 g/mol. The van der Waals surface area contributed by atoms with Crippen LogP contribution in [0.4, 0.5) is 0 Å². The third kappa shape index (κ3) is 6.04. The third-order valence-corrected chi connectivity index (χ3v) is 3.92. The molecule has 0 spiro atoms. The van der Waals surface area contributed by atoms with E-state index in [1.165, 1.54) is 43.5 Å². The quantitative estimate of drug-likeness (QED) is 0.449. The zero-order valence-corrected chi connectivity index (χ0v) is 14.2. The second kappa shape index (κ2) is 10.6. The zero-order chi connectivity index (χ0) is 15.5. The summed E-state index contributed by atoms with van der Waals surface area (Å²) in [4.78, 5) is 0. The van der Waals surface area contributed by atoms with Gasteiger partial charge in [0, 0.05) is 12.6 Å². The topological polar surface area (TPSA) is 29.9 Å². The van der Waals surface area contributed by atoms with Crippen LogP contribution < -0.4 is 5.32 Å². The summed E-state index contributed by atoms with van der Waals surface area (Å²) >= 11 is 0. The first-order valence-electron chi connectivity index (χ1n) is 8.67. The Morgan fingerprint density at radius 2 is 2.10 bits per heavy atom. The lowest BCUT2D eigenvalue weighted by Gasteiger charge is -2.19. The van der Waals surface area contributed by atoms with Gasteiger partial charge in [0.15, 0.2) is 0 Å². The fraction of sp³-hybridized carbons (Fsp3) is 0.722. The maximum Gasteiger partial charge on any atom is 0.0625 e. The molecule has 0 radical (unpaired) electrons. The van der Waals surface area contributed by atoms with E-state index in [1.54, 1.807) is 0 Å². The molecular formula is C18H33N3. The molecule has 1 N–H and O–H groups in total. The molecule has 1 aromatic heterocycles. The van der Waals surface area contributed by atoms with Crippen LogP contribution in [0.2, 0.25) is 0 Å². The molecule has 3 nitrogen and oxygen atoms in total. The van der Waals surface area contributed by atoms with Crippen molar-refractivity contribution in [2.75, 3.05) is 6.54 Å². The highest BCUT2D eigenvalue weighted by atomic mass is 15.3. The SMILES string of the molecule is C=CCCCCCC(NCCC)c1cc(CC)nn1CC. The number of unbranched alkanes of at least 4 members (excludes halogenated alkanes) is 3. The number of rotatable bonds is 12. The van der Waals surface area contributed by atoms with Crippen LogP contribution >= 0.6 is 0 Å². The van der Waals surface area contributed by atoms with Gasteiger partial charge in [-0.15, -0.1) is 6.58 Å². The molecule has 0 aliphatic heterocycles. The number of nitrogens with zero attached hydrogens (tertiary/aromatic N) is 2. The number of hydrogen-bond acceptors (Lipinski definition) is 2. The molecule has 0 aliphatic carbocycles. The lowest BCUT2D eigenvalue weighted by Crippen LogP contribution is -2.24. The van der Waals surface area contributed by atoms with E-state index in [0.717, 1.165) is 25.9 Å². The van der Waals surface area contributed by atoms with Gasteiger partial charge >= 0.3 is 0 Å². The standard InChI is InChI=1S/C18H33N3/c1-5-9-10-11-12-13-17(19-14-6-2)18-15-16(7-3)20-21(18)8-4/h5,15,17,19H,1,6-14H2,2-4H3. The second-order valence-electron chi connectivity index (χ2n) is 5.66. The monoisotopic (exact) mass is 291 g/mol. The highest BCUT2D eigenvalue weighted by molar-refractivity contribution is 5.14. The van der Waals surface area contributed by atoms with Crippen LogP contribution in [-0.4, -0.2) is 16.3 Å². The Morgan fingerprint density at radius 1 is 1.29 bits per heavy atom. The summed E-state index contributed by atoms with van der Waals surface area (Å²) in [6, 6.07) is 2.74. The van der Waals surface area contributed by atoms with Gasteiger partial charge in [-0.2, -0.15) is 5.10 Å². The van der Waals surface area contributed by atoms with Gasteiger partial charge in [0.2, 0.25) is 0 Å². The van der Waals surface area contributed by atoms with E-state index < -0.39 is 0 Å². The number of aromatic nitrogens is 2. The summed E-state index contributed by atoms with van der Waals surface area (Å²) in [7, 11) is 0. The summed E-state index contributed by atoms with van der Waals surface area (Å²) in [6.07, 6.45) is 10.4. The van der Waals surface area contributed by atoms with Crippen molar-refractivity contribution in [1.29, 1.82) is 0 Å². The van der Waals surface area contributed by atoms with Crippen molar-refractivity contribution in [3.63, 3.8) is 0 Å². The molecule has 21 heavy (non-hydrogen) atoms. The van der Waals surface area contributed by atoms with E-state index in [4.69, 9.17) is 5.10 Å². The van der Waals surface area contributed by atoms with Crippen LogP contribution in [0, 0.1) is 0 Å². The van der Waals surface area contributed by atoms with E-state index in [0.29, 0.717) is 6.04 Å². The second-order valence-corrected chi connectivity index (χ2v) is 5.66. The maximum absolute atomic E-state index is 4.70. The molecule has 1 rings (SSSR count). The van der Waals surface area contributed by atoms with Crippen molar-refractivity contribution in [3.8, 4) is 0 Å². The van der Waals surface area contributed by atoms with E-state index in [1.807, 2.05) is 6.08 Å². The van der Waals surface area contributed by atoms with Crippen LogP contribution in [0.3, 0.4) is 0 Å². The Hall–Kier alpha value is -1.09. The van der Waals surface area contributed by atoms with E-state index in [2.05, 4.69) is 43.4 Å². The molecule has 1 atom stereocenters. The van der Waals surface area contributed by atoms with Crippen molar-refractivity contribution in [2.24, 2.45) is 0 Å². The number of allylic oxidation sites excluding steroid dienone is 1. The minimum absolute atomic E-state index is 0.446. The summed E-state index contributed by atoms with van der Waals surface area (Å²) < 4.78 is 2.18. The molecule has 1 heterocycles. The molecule has 1 aromatic rings. The predicted molar refractivity (Wildman–Crippen MR) is 91.6 cm³/mol. The van der Waals surface area contributed by atoms with Crippen molar-refractivity contribution in [3.05, 3.63) is 30.1 Å². The molecule has 0 aromatic carbocycles. The van der Waals surface area contributed by atoms with Crippen LogP contribution in [-0.2, 0) is 13.0 Å². The lowest BCUT2D eigenvalue weighted by atomic mass is 10.0. The Kier molecular flexibility index (Phi) is 9.07. The van der Waals surface area contributed by atoms with E-state index in [9.17, 15) is 0 Å². The fourth-order valence-electron chi connectivity index (χ4n) is 2.68. The third-order valence-electron chi connectivity index (χ3n) is 3.92. The molecule has 0 saturated heterocycles. The minimum Gasteiger partial charge on any atom is -0.309 e. The molecule has 1 unspecified atom stereocenters. The molecule has 0 bridgehead atoms. The summed E-state index contributed by atoms with van der Waals surface area (Å²) in [5.41, 5.74) is 2.58. The van der Waals surface area contributed by atoms with Gasteiger partial charge in [-0.3, -0.25) is 4.68 Å². The van der Waals surface area contributed by atoms with Crippen molar-refractivity contribution in [2.45, 2.75) is 78.3 Å². The predicted octanol–water partition coefficient (Wildman–Crippen LogP) is 4.64. The summed E-state index contributed by atoms with van der Waals surface area (Å²) in [5, 5.41) is 8.40. The van der Waals surface area contributed by atoms with Crippen molar-refractivity contribution in [1.82, 2.24) is 15.1 Å². The molecule has 0 saturated carbocycles. The van der Waals surface area contributed by atoms with Crippen LogP contribution in [0.1, 0.15) is 76.7 Å². The van der Waals surface area contributed by atoms with E-state index in [-0.39, 0.29) is 0 Å². The number of nitrogens with one attached hydrogen (secondary N) is 1. The number of hydrogen-bond donors (Lipinski definition) is 1. The molecule has 0 fully saturated rings. The molecule has 120 valence electrons. The van der Waals surface area contributed by atoms with Crippen molar-refractivity contribution < 1.29 is 0 Å². The van der Waals surface area contributed by atoms with Gasteiger partial charge < -0.3 is 5.32 Å². The molecule has 0 aliphatic rings. The Labute approximate surface area is 130 Å². The fourth-order valence-corrected chi connectivity index (χ4v) is 2.68. The van der Waals surface area contributed by atoms with Gasteiger partial charge in [0.1, 0.15) is 0 Å². The van der Waals surface area contributed by atoms with Crippen LogP contribution in [0.25, 0.3) is 0 Å². The Morgan fingerprint density at radius 3 is 2.71 bits per heavy atom.